The van der Waals surface area contributed by atoms with Crippen LogP contribution < -0.4 is 4.74 Å². The molecule has 0 spiro atoms. The molecule has 1 fully saturated rings. The standard InChI is InChI=1S/C18H14O8.C16H25NO2/c19-15(20)13(25-17(23)11-7-3-1-4-8-11)14(16(21)22)26-18(24)12-9-5-2-6-10-12;1-17(2)12-14-7-4-5-10-16(14,18)13-8-6-9-15(11-13)19-3/h1-10,13-14H,(H,19,20)(H,21,22);6,8-9,11,14,18H,4-5,7,10,12H2,1-3H3/t13-,14-;14-,16+/m11/s1. The number of hydrogen-bond donors (Lipinski definition) is 3. The fourth-order valence-corrected chi connectivity index (χ4v) is 5.18. The quantitative estimate of drug-likeness (QED) is 0.263. The van der Waals surface area contributed by atoms with Crippen LogP contribution in [0.4, 0.5) is 0 Å². The molecule has 0 unspecified atom stereocenters. The summed E-state index contributed by atoms with van der Waals surface area (Å²) in [7, 11) is 5.81. The van der Waals surface area contributed by atoms with Crippen LogP contribution in [0.2, 0.25) is 0 Å². The van der Waals surface area contributed by atoms with Gasteiger partial charge in [-0.1, -0.05) is 61.4 Å². The summed E-state index contributed by atoms with van der Waals surface area (Å²) in [5.74, 6) is -4.52. The number of benzene rings is 3. The third-order valence-corrected chi connectivity index (χ3v) is 7.44. The molecule has 1 aliphatic rings. The Hall–Kier alpha value is -4.74. The second-order valence-corrected chi connectivity index (χ2v) is 10.9. The van der Waals surface area contributed by atoms with Crippen LogP contribution in [0, 0.1) is 5.92 Å². The van der Waals surface area contributed by atoms with E-state index in [-0.39, 0.29) is 11.1 Å². The highest BCUT2D eigenvalue weighted by Crippen LogP contribution is 2.42. The number of carbonyl (C=O) groups excluding carboxylic acids is 2. The first-order valence-electron chi connectivity index (χ1n) is 14.5. The lowest BCUT2D eigenvalue weighted by molar-refractivity contribution is -0.166. The second-order valence-electron chi connectivity index (χ2n) is 10.9. The van der Waals surface area contributed by atoms with Crippen molar-refractivity contribution in [3.8, 4) is 5.75 Å². The van der Waals surface area contributed by atoms with E-state index < -0.39 is 41.7 Å². The van der Waals surface area contributed by atoms with Crippen LogP contribution in [0.3, 0.4) is 0 Å². The molecule has 0 bridgehead atoms. The van der Waals surface area contributed by atoms with Crippen molar-refractivity contribution in [3.05, 3.63) is 102 Å². The summed E-state index contributed by atoms with van der Waals surface area (Å²) < 4.78 is 14.8. The Balaban J connectivity index is 0.000000257. The molecule has 3 aromatic rings. The third kappa shape index (κ3) is 9.62. The molecule has 1 saturated carbocycles. The Morgan fingerprint density at radius 2 is 1.31 bits per heavy atom. The highest BCUT2D eigenvalue weighted by atomic mass is 16.6. The van der Waals surface area contributed by atoms with Crippen molar-refractivity contribution in [3.63, 3.8) is 0 Å². The van der Waals surface area contributed by atoms with Gasteiger partial charge >= 0.3 is 23.9 Å². The molecular formula is C34H39NO10. The van der Waals surface area contributed by atoms with Gasteiger partial charge in [-0.2, -0.15) is 0 Å². The molecular weight excluding hydrogens is 582 g/mol. The average Bonchev–Trinajstić information content (AvgIpc) is 3.04. The highest BCUT2D eigenvalue weighted by Gasteiger charge is 2.42. The first kappa shape index (κ1) is 34.7. The smallest absolute Gasteiger partial charge is 0.349 e. The largest absolute Gasteiger partial charge is 0.497 e. The fraction of sp³-hybridized carbons (Fsp3) is 0.353. The van der Waals surface area contributed by atoms with Gasteiger partial charge in [0.1, 0.15) is 5.75 Å². The Morgan fingerprint density at radius 1 is 0.800 bits per heavy atom. The predicted molar refractivity (Wildman–Crippen MR) is 164 cm³/mol. The Kier molecular flexibility index (Phi) is 12.6. The van der Waals surface area contributed by atoms with Gasteiger partial charge in [0, 0.05) is 12.5 Å². The van der Waals surface area contributed by atoms with E-state index in [4.69, 9.17) is 14.2 Å². The topological polar surface area (TPSA) is 160 Å². The normalized spacial score (nSPS) is 18.8. The van der Waals surface area contributed by atoms with Gasteiger partial charge in [0.2, 0.25) is 12.2 Å². The SMILES string of the molecule is COc1cccc([C@@]2(O)CCCC[C@@H]2CN(C)C)c1.O=C(O[C@@H](C(=O)O)[C@@H](OC(=O)c1ccccc1)C(=O)O)c1ccccc1. The van der Waals surface area contributed by atoms with Crippen LogP contribution in [0.25, 0.3) is 0 Å². The van der Waals surface area contributed by atoms with Gasteiger partial charge in [-0.15, -0.1) is 0 Å². The highest BCUT2D eigenvalue weighted by molar-refractivity contribution is 5.95. The van der Waals surface area contributed by atoms with Crippen LogP contribution in [-0.2, 0) is 24.7 Å². The van der Waals surface area contributed by atoms with Crippen LogP contribution in [0.1, 0.15) is 52.0 Å². The van der Waals surface area contributed by atoms with Gasteiger partial charge in [-0.25, -0.2) is 19.2 Å². The van der Waals surface area contributed by atoms with Crippen molar-refractivity contribution in [1.29, 1.82) is 0 Å². The maximum atomic E-state index is 12.0. The Morgan fingerprint density at radius 3 is 1.76 bits per heavy atom. The van der Waals surface area contributed by atoms with E-state index in [1.165, 1.54) is 55.0 Å². The molecule has 3 aromatic carbocycles. The molecule has 1 aliphatic carbocycles. The van der Waals surface area contributed by atoms with E-state index in [9.17, 15) is 34.5 Å². The number of carboxylic acid groups (broad SMARTS) is 2. The molecule has 11 nitrogen and oxygen atoms in total. The molecule has 11 heteroatoms. The number of aliphatic hydroxyl groups is 1. The van der Waals surface area contributed by atoms with Crippen LogP contribution >= 0.6 is 0 Å². The number of aliphatic carboxylic acids is 2. The molecule has 0 aliphatic heterocycles. The minimum atomic E-state index is -2.21. The Bertz CT molecular complexity index is 1360. The number of esters is 2. The fourth-order valence-electron chi connectivity index (χ4n) is 5.18. The van der Waals surface area contributed by atoms with Crippen molar-refractivity contribution < 1.29 is 48.7 Å². The van der Waals surface area contributed by atoms with E-state index in [2.05, 4.69) is 19.0 Å². The number of rotatable bonds is 11. The van der Waals surface area contributed by atoms with Crippen LogP contribution in [-0.4, -0.2) is 84.1 Å². The molecule has 0 radical (unpaired) electrons. The molecule has 45 heavy (non-hydrogen) atoms. The zero-order valence-corrected chi connectivity index (χ0v) is 25.5. The average molecular weight is 622 g/mol. The zero-order chi connectivity index (χ0) is 33.0. The molecule has 0 amide bonds. The zero-order valence-electron chi connectivity index (χ0n) is 25.5. The van der Waals surface area contributed by atoms with E-state index in [1.807, 2.05) is 24.3 Å². The molecule has 0 heterocycles. The summed E-state index contributed by atoms with van der Waals surface area (Å²) in [6.45, 7) is 0.924. The van der Waals surface area contributed by atoms with Gasteiger partial charge in [0.15, 0.2) is 0 Å². The van der Waals surface area contributed by atoms with Gasteiger partial charge in [0.05, 0.1) is 23.8 Å². The number of nitrogens with zero attached hydrogens (tertiary/aromatic N) is 1. The van der Waals surface area contributed by atoms with Crippen LogP contribution in [0.15, 0.2) is 84.9 Å². The van der Waals surface area contributed by atoms with Gasteiger partial charge in [-0.3, -0.25) is 0 Å². The van der Waals surface area contributed by atoms with Gasteiger partial charge in [0.25, 0.3) is 0 Å². The van der Waals surface area contributed by atoms with Gasteiger partial charge in [-0.05, 0) is 68.9 Å². The summed E-state index contributed by atoms with van der Waals surface area (Å²) in [5, 5.41) is 29.7. The number of hydrogen-bond acceptors (Lipinski definition) is 9. The lowest BCUT2D eigenvalue weighted by Crippen LogP contribution is -2.45. The Labute approximate surface area is 262 Å². The van der Waals surface area contributed by atoms with E-state index in [1.54, 1.807) is 19.2 Å². The number of ether oxygens (including phenoxy) is 3. The minimum Gasteiger partial charge on any atom is -0.497 e. The lowest BCUT2D eigenvalue weighted by Gasteiger charge is -2.41. The minimum absolute atomic E-state index is 0.0253. The molecule has 0 aromatic heterocycles. The van der Waals surface area contributed by atoms with E-state index >= 15 is 0 Å². The predicted octanol–water partition coefficient (Wildman–Crippen LogP) is 4.24. The van der Waals surface area contributed by atoms with Gasteiger partial charge < -0.3 is 34.4 Å². The lowest BCUT2D eigenvalue weighted by atomic mass is 9.71. The molecule has 240 valence electrons. The van der Waals surface area contributed by atoms with Crippen molar-refractivity contribution in [1.82, 2.24) is 4.90 Å². The van der Waals surface area contributed by atoms with Crippen LogP contribution in [0.5, 0.6) is 5.75 Å². The molecule has 0 saturated heterocycles. The first-order chi connectivity index (χ1) is 21.5. The summed E-state index contributed by atoms with van der Waals surface area (Å²) in [4.78, 5) is 49.0. The van der Waals surface area contributed by atoms with E-state index in [0.29, 0.717) is 5.92 Å². The molecule has 4 atom stereocenters. The summed E-state index contributed by atoms with van der Waals surface area (Å²) >= 11 is 0. The van der Waals surface area contributed by atoms with E-state index in [0.717, 1.165) is 37.1 Å². The van der Waals surface area contributed by atoms with Crippen molar-refractivity contribution >= 4 is 23.9 Å². The van der Waals surface area contributed by atoms with Crippen molar-refractivity contribution in [2.24, 2.45) is 5.92 Å². The van der Waals surface area contributed by atoms with Crippen molar-refractivity contribution in [2.75, 3.05) is 27.7 Å². The second kappa shape index (κ2) is 16.4. The third-order valence-electron chi connectivity index (χ3n) is 7.44. The van der Waals surface area contributed by atoms with Crippen molar-refractivity contribution in [2.45, 2.75) is 43.5 Å². The molecule has 4 rings (SSSR count). The number of carboxylic acids is 2. The monoisotopic (exact) mass is 621 g/mol. The number of methoxy groups -OCH3 is 1. The summed E-state index contributed by atoms with van der Waals surface area (Å²) in [5.41, 5.74) is 0.338. The maximum Gasteiger partial charge on any atom is 0.349 e. The molecule has 3 N–H and O–H groups in total. The first-order valence-corrected chi connectivity index (χ1v) is 14.5. The summed E-state index contributed by atoms with van der Waals surface area (Å²) in [6.07, 6.45) is -0.187. The maximum absolute atomic E-state index is 12.0. The number of carbonyl (C=O) groups is 4. The summed E-state index contributed by atoms with van der Waals surface area (Å²) in [6, 6.07) is 22.7.